The van der Waals surface area contributed by atoms with Crippen LogP contribution in [-0.4, -0.2) is 18.2 Å². The normalized spacial score (nSPS) is 11.2. The average molecular weight is 286 g/mol. The van der Waals surface area contributed by atoms with Crippen molar-refractivity contribution in [1.29, 1.82) is 0 Å². The van der Waals surface area contributed by atoms with Crippen molar-refractivity contribution in [2.24, 2.45) is 10.9 Å². The second-order valence-corrected chi connectivity index (χ2v) is 4.42. The minimum Gasteiger partial charge on any atom is -0.493 e. The lowest BCUT2D eigenvalue weighted by Crippen LogP contribution is -2.14. The van der Waals surface area contributed by atoms with Crippen LogP contribution in [0.3, 0.4) is 0 Å². The number of oxime groups is 1. The van der Waals surface area contributed by atoms with Gasteiger partial charge < -0.3 is 20.4 Å². The summed E-state index contributed by atoms with van der Waals surface area (Å²) in [4.78, 5) is 0. The molecule has 0 aliphatic heterocycles. The van der Waals surface area contributed by atoms with Gasteiger partial charge in [-0.05, 0) is 36.2 Å². The topological polar surface area (TPSA) is 77.1 Å². The van der Waals surface area contributed by atoms with Crippen molar-refractivity contribution < 1.29 is 14.7 Å². The quantitative estimate of drug-likeness (QED) is 0.383. The average Bonchev–Trinajstić information content (AvgIpc) is 2.55. The fourth-order valence-electron chi connectivity index (χ4n) is 1.96. The molecule has 5 nitrogen and oxygen atoms in total. The van der Waals surface area contributed by atoms with Crippen LogP contribution >= 0.6 is 0 Å². The van der Waals surface area contributed by atoms with Crippen LogP contribution in [0.15, 0.2) is 47.6 Å². The maximum absolute atomic E-state index is 8.83. The van der Waals surface area contributed by atoms with E-state index in [1.54, 1.807) is 25.3 Å². The second kappa shape index (κ2) is 6.65. The van der Waals surface area contributed by atoms with Gasteiger partial charge in [0.05, 0.1) is 12.7 Å². The third kappa shape index (κ3) is 3.25. The lowest BCUT2D eigenvalue weighted by atomic mass is 10.1. The number of methoxy groups -OCH3 is 1. The first kappa shape index (κ1) is 14.7. The Hall–Kier alpha value is -2.69. The molecule has 0 aromatic heterocycles. The van der Waals surface area contributed by atoms with Gasteiger partial charge in [-0.3, -0.25) is 0 Å². The van der Waals surface area contributed by atoms with E-state index >= 15 is 0 Å². The molecule has 0 atom stereocenters. The van der Waals surface area contributed by atoms with E-state index in [1.807, 2.05) is 24.3 Å². The lowest BCUT2D eigenvalue weighted by molar-refractivity contribution is 0.318. The minimum atomic E-state index is -0.00487. The van der Waals surface area contributed by atoms with E-state index in [0.29, 0.717) is 22.8 Å². The Morgan fingerprint density at radius 3 is 2.57 bits per heavy atom. The van der Waals surface area contributed by atoms with Crippen molar-refractivity contribution >= 4 is 5.84 Å². The van der Waals surface area contributed by atoms with Crippen LogP contribution in [0.1, 0.15) is 18.1 Å². The molecule has 5 heteroatoms. The molecule has 0 aliphatic carbocycles. The first-order valence-electron chi connectivity index (χ1n) is 6.61. The minimum absolute atomic E-state index is 0.00487. The van der Waals surface area contributed by atoms with Crippen LogP contribution in [0.4, 0.5) is 0 Å². The van der Waals surface area contributed by atoms with Gasteiger partial charge in [0.25, 0.3) is 0 Å². The number of ether oxygens (including phenoxy) is 2. The molecular weight excluding hydrogens is 268 g/mol. The van der Waals surface area contributed by atoms with Crippen molar-refractivity contribution in [2.75, 3.05) is 7.11 Å². The number of benzene rings is 2. The zero-order chi connectivity index (χ0) is 15.2. The predicted molar refractivity (Wildman–Crippen MR) is 81.4 cm³/mol. The highest BCUT2D eigenvalue weighted by Crippen LogP contribution is 2.33. The zero-order valence-electron chi connectivity index (χ0n) is 12.0. The largest absolute Gasteiger partial charge is 0.493 e. The summed E-state index contributed by atoms with van der Waals surface area (Å²) in [5.74, 6) is 1.71. The number of hydrogen-bond donors (Lipinski definition) is 2. The summed E-state index contributed by atoms with van der Waals surface area (Å²) in [5, 5.41) is 11.8. The Kier molecular flexibility index (Phi) is 4.66. The van der Waals surface area contributed by atoms with Crippen LogP contribution in [0.5, 0.6) is 17.2 Å². The van der Waals surface area contributed by atoms with Crippen LogP contribution < -0.4 is 15.2 Å². The maximum Gasteiger partial charge on any atom is 0.173 e. The molecule has 0 radical (unpaired) electrons. The molecule has 0 heterocycles. The Morgan fingerprint density at radius 1 is 1.14 bits per heavy atom. The summed E-state index contributed by atoms with van der Waals surface area (Å²) >= 11 is 0. The van der Waals surface area contributed by atoms with E-state index in [2.05, 4.69) is 12.1 Å². The standard InChI is InChI=1S/C16H18N2O3/c1-3-11-8-9-14(15(10-11)20-2)21-13-7-5-4-6-12(13)16(17)18-19/h4-10,19H,3H2,1-2H3,(H2,17,18). The summed E-state index contributed by atoms with van der Waals surface area (Å²) in [7, 11) is 1.59. The van der Waals surface area contributed by atoms with Crippen molar-refractivity contribution in [3.05, 3.63) is 53.6 Å². The van der Waals surface area contributed by atoms with Gasteiger partial charge in [-0.1, -0.05) is 30.3 Å². The number of hydrogen-bond acceptors (Lipinski definition) is 4. The number of amidine groups is 1. The van der Waals surface area contributed by atoms with Crippen LogP contribution in [0.2, 0.25) is 0 Å². The Bertz CT molecular complexity index is 654. The smallest absolute Gasteiger partial charge is 0.173 e. The Labute approximate surface area is 123 Å². The zero-order valence-corrected chi connectivity index (χ0v) is 12.0. The van der Waals surface area contributed by atoms with Crippen molar-refractivity contribution in [2.45, 2.75) is 13.3 Å². The molecule has 2 aromatic rings. The molecule has 0 amide bonds. The molecule has 0 saturated carbocycles. The van der Waals surface area contributed by atoms with Crippen LogP contribution in [0.25, 0.3) is 0 Å². The number of rotatable bonds is 5. The molecule has 3 N–H and O–H groups in total. The molecule has 110 valence electrons. The second-order valence-electron chi connectivity index (χ2n) is 4.42. The highest BCUT2D eigenvalue weighted by atomic mass is 16.5. The molecule has 2 aromatic carbocycles. The molecule has 0 saturated heterocycles. The van der Waals surface area contributed by atoms with Crippen LogP contribution in [-0.2, 0) is 6.42 Å². The Balaban J connectivity index is 2.39. The van der Waals surface area contributed by atoms with Gasteiger partial charge in [0.1, 0.15) is 5.75 Å². The summed E-state index contributed by atoms with van der Waals surface area (Å²) in [5.41, 5.74) is 7.33. The van der Waals surface area contributed by atoms with E-state index in [4.69, 9.17) is 20.4 Å². The first-order valence-corrected chi connectivity index (χ1v) is 6.61. The van der Waals surface area contributed by atoms with Gasteiger partial charge in [0.15, 0.2) is 17.3 Å². The third-order valence-electron chi connectivity index (χ3n) is 3.13. The maximum atomic E-state index is 8.83. The van der Waals surface area contributed by atoms with Gasteiger partial charge in [0.2, 0.25) is 0 Å². The SMILES string of the molecule is CCc1ccc(Oc2ccccc2/C(N)=N/O)c(OC)c1. The van der Waals surface area contributed by atoms with Crippen LogP contribution in [0, 0.1) is 0 Å². The molecule has 0 bridgehead atoms. The fourth-order valence-corrected chi connectivity index (χ4v) is 1.96. The van der Waals surface area contributed by atoms with Crippen molar-refractivity contribution in [3.8, 4) is 17.2 Å². The lowest BCUT2D eigenvalue weighted by Gasteiger charge is -2.13. The van der Waals surface area contributed by atoms with Crippen molar-refractivity contribution in [1.82, 2.24) is 0 Å². The van der Waals surface area contributed by atoms with E-state index in [1.165, 1.54) is 0 Å². The number of nitrogens with zero attached hydrogens (tertiary/aromatic N) is 1. The summed E-state index contributed by atoms with van der Waals surface area (Å²) in [6.07, 6.45) is 0.914. The number of para-hydroxylation sites is 1. The van der Waals surface area contributed by atoms with Gasteiger partial charge >= 0.3 is 0 Å². The summed E-state index contributed by atoms with van der Waals surface area (Å²) in [6.45, 7) is 2.07. The van der Waals surface area contributed by atoms with Gasteiger partial charge in [-0.2, -0.15) is 0 Å². The summed E-state index contributed by atoms with van der Waals surface area (Å²) in [6, 6.07) is 12.8. The van der Waals surface area contributed by atoms with Crippen molar-refractivity contribution in [3.63, 3.8) is 0 Å². The molecule has 0 aliphatic rings. The molecule has 2 rings (SSSR count). The van der Waals surface area contributed by atoms with Gasteiger partial charge in [0, 0.05) is 0 Å². The monoisotopic (exact) mass is 286 g/mol. The molecular formula is C16H18N2O3. The van der Waals surface area contributed by atoms with E-state index in [0.717, 1.165) is 12.0 Å². The summed E-state index contributed by atoms with van der Waals surface area (Å²) < 4.78 is 11.2. The molecule has 0 unspecified atom stereocenters. The fraction of sp³-hybridized carbons (Fsp3) is 0.188. The highest BCUT2D eigenvalue weighted by Gasteiger charge is 2.11. The molecule has 0 spiro atoms. The number of nitrogens with two attached hydrogens (primary N) is 1. The van der Waals surface area contributed by atoms with Gasteiger partial charge in [-0.25, -0.2) is 0 Å². The van der Waals surface area contributed by atoms with E-state index < -0.39 is 0 Å². The predicted octanol–water partition coefficient (Wildman–Crippen LogP) is 3.14. The molecule has 21 heavy (non-hydrogen) atoms. The third-order valence-corrected chi connectivity index (χ3v) is 3.13. The molecule has 0 fully saturated rings. The number of aryl methyl sites for hydroxylation is 1. The first-order chi connectivity index (χ1) is 10.2. The Morgan fingerprint density at radius 2 is 1.90 bits per heavy atom. The highest BCUT2D eigenvalue weighted by molar-refractivity contribution is 5.99. The van der Waals surface area contributed by atoms with Gasteiger partial charge in [-0.15, -0.1) is 0 Å². The van der Waals surface area contributed by atoms with E-state index in [9.17, 15) is 0 Å². The van der Waals surface area contributed by atoms with E-state index in [-0.39, 0.29) is 5.84 Å².